The second-order valence-corrected chi connectivity index (χ2v) is 4.51. The standard InChI is InChI=1S/C12H18N4O/c1-8-14-5-4-11(15-8)6-9(7-13)12(17)16-10-2-3-10/h4-5,9-10H,2-3,6-7,13H2,1H3,(H,16,17). The summed E-state index contributed by atoms with van der Waals surface area (Å²) in [7, 11) is 0. The topological polar surface area (TPSA) is 80.9 Å². The summed E-state index contributed by atoms with van der Waals surface area (Å²) in [5.74, 6) is 0.581. The fraction of sp³-hybridized carbons (Fsp3) is 0.583. The average molecular weight is 234 g/mol. The molecule has 0 saturated heterocycles. The van der Waals surface area contributed by atoms with Crippen LogP contribution < -0.4 is 11.1 Å². The van der Waals surface area contributed by atoms with Crippen LogP contribution in [0.15, 0.2) is 12.3 Å². The maximum atomic E-state index is 11.9. The second kappa shape index (κ2) is 5.23. The van der Waals surface area contributed by atoms with Gasteiger partial charge in [0, 0.05) is 30.9 Å². The lowest BCUT2D eigenvalue weighted by atomic mass is 10.0. The van der Waals surface area contributed by atoms with Crippen molar-refractivity contribution in [3.63, 3.8) is 0 Å². The molecule has 1 aliphatic carbocycles. The van der Waals surface area contributed by atoms with Gasteiger partial charge in [-0.1, -0.05) is 0 Å². The molecule has 0 aromatic carbocycles. The fourth-order valence-corrected chi connectivity index (χ4v) is 1.70. The quantitative estimate of drug-likeness (QED) is 0.761. The molecule has 1 fully saturated rings. The third kappa shape index (κ3) is 3.49. The van der Waals surface area contributed by atoms with Gasteiger partial charge in [0.15, 0.2) is 0 Å². The van der Waals surface area contributed by atoms with Gasteiger partial charge in [-0.05, 0) is 25.8 Å². The Kier molecular flexibility index (Phi) is 3.68. The van der Waals surface area contributed by atoms with Crippen molar-refractivity contribution in [1.29, 1.82) is 0 Å². The Morgan fingerprint density at radius 2 is 2.41 bits per heavy atom. The van der Waals surface area contributed by atoms with Crippen molar-refractivity contribution < 1.29 is 4.79 Å². The summed E-state index contributed by atoms with van der Waals surface area (Å²) >= 11 is 0. The number of aryl methyl sites for hydroxylation is 1. The highest BCUT2D eigenvalue weighted by molar-refractivity contribution is 5.79. The minimum atomic E-state index is -0.190. The first-order valence-electron chi connectivity index (χ1n) is 5.98. The Labute approximate surface area is 101 Å². The predicted molar refractivity (Wildman–Crippen MR) is 64.2 cm³/mol. The molecule has 2 rings (SSSR count). The molecule has 1 atom stereocenters. The van der Waals surface area contributed by atoms with Crippen molar-refractivity contribution >= 4 is 5.91 Å². The minimum Gasteiger partial charge on any atom is -0.353 e. The maximum Gasteiger partial charge on any atom is 0.224 e. The molecule has 0 aliphatic heterocycles. The smallest absolute Gasteiger partial charge is 0.224 e. The van der Waals surface area contributed by atoms with Gasteiger partial charge < -0.3 is 11.1 Å². The van der Waals surface area contributed by atoms with Crippen LogP contribution in [0.25, 0.3) is 0 Å². The highest BCUT2D eigenvalue weighted by atomic mass is 16.2. The number of rotatable bonds is 5. The number of carbonyl (C=O) groups excluding carboxylic acids is 1. The highest BCUT2D eigenvalue weighted by Crippen LogP contribution is 2.19. The monoisotopic (exact) mass is 234 g/mol. The molecule has 5 heteroatoms. The lowest BCUT2D eigenvalue weighted by Gasteiger charge is -2.14. The molecule has 1 saturated carbocycles. The van der Waals surface area contributed by atoms with Crippen LogP contribution in [-0.2, 0) is 11.2 Å². The largest absolute Gasteiger partial charge is 0.353 e. The van der Waals surface area contributed by atoms with Gasteiger partial charge in [-0.15, -0.1) is 0 Å². The van der Waals surface area contributed by atoms with E-state index in [-0.39, 0.29) is 11.8 Å². The lowest BCUT2D eigenvalue weighted by Crippen LogP contribution is -2.37. The molecule has 0 bridgehead atoms. The van der Waals surface area contributed by atoms with Gasteiger partial charge >= 0.3 is 0 Å². The molecule has 5 nitrogen and oxygen atoms in total. The van der Waals surface area contributed by atoms with Crippen LogP contribution in [-0.4, -0.2) is 28.5 Å². The Morgan fingerprint density at radius 1 is 1.65 bits per heavy atom. The third-order valence-electron chi connectivity index (χ3n) is 2.87. The van der Waals surface area contributed by atoms with E-state index in [1.165, 1.54) is 0 Å². The average Bonchev–Trinajstić information content (AvgIpc) is 3.09. The van der Waals surface area contributed by atoms with Crippen molar-refractivity contribution in [3.8, 4) is 0 Å². The normalized spacial score (nSPS) is 16.6. The number of aromatic nitrogens is 2. The molecule has 0 radical (unpaired) electrons. The van der Waals surface area contributed by atoms with Crippen LogP contribution in [0.2, 0.25) is 0 Å². The Balaban J connectivity index is 1.95. The van der Waals surface area contributed by atoms with E-state index in [0.29, 0.717) is 19.0 Å². The summed E-state index contributed by atoms with van der Waals surface area (Å²) in [5.41, 5.74) is 6.53. The van der Waals surface area contributed by atoms with E-state index in [0.717, 1.165) is 24.4 Å². The molecule has 1 aromatic heterocycles. The Bertz CT molecular complexity index is 403. The predicted octanol–water partition coefficient (Wildman–Crippen LogP) is 0.181. The van der Waals surface area contributed by atoms with Crippen molar-refractivity contribution in [3.05, 3.63) is 23.8 Å². The summed E-state index contributed by atoms with van der Waals surface area (Å²) in [6, 6.07) is 2.21. The van der Waals surface area contributed by atoms with Crippen LogP contribution >= 0.6 is 0 Å². The SMILES string of the molecule is Cc1nccc(CC(CN)C(=O)NC2CC2)n1. The summed E-state index contributed by atoms with van der Waals surface area (Å²) in [6.45, 7) is 2.19. The van der Waals surface area contributed by atoms with Gasteiger partial charge in [-0.3, -0.25) is 4.79 Å². The van der Waals surface area contributed by atoms with Crippen LogP contribution in [0.1, 0.15) is 24.4 Å². The van der Waals surface area contributed by atoms with E-state index in [1.54, 1.807) is 6.20 Å². The maximum absolute atomic E-state index is 11.9. The van der Waals surface area contributed by atoms with Gasteiger partial charge in [-0.25, -0.2) is 9.97 Å². The summed E-state index contributed by atoms with van der Waals surface area (Å²) in [6.07, 6.45) is 4.48. The van der Waals surface area contributed by atoms with Crippen LogP contribution in [0.3, 0.4) is 0 Å². The summed E-state index contributed by atoms with van der Waals surface area (Å²) in [5, 5.41) is 2.98. The van der Waals surface area contributed by atoms with Gasteiger partial charge in [0.25, 0.3) is 0 Å². The second-order valence-electron chi connectivity index (χ2n) is 4.51. The van der Waals surface area contributed by atoms with E-state index < -0.39 is 0 Å². The molecule has 92 valence electrons. The van der Waals surface area contributed by atoms with Crippen molar-refractivity contribution in [2.75, 3.05) is 6.54 Å². The first-order chi connectivity index (χ1) is 8.19. The minimum absolute atomic E-state index is 0.0475. The molecule has 0 spiro atoms. The van der Waals surface area contributed by atoms with Gasteiger partial charge in [-0.2, -0.15) is 0 Å². The van der Waals surface area contributed by atoms with Crippen molar-refractivity contribution in [2.45, 2.75) is 32.2 Å². The zero-order valence-electron chi connectivity index (χ0n) is 10.0. The molecule has 1 unspecified atom stereocenters. The van der Waals surface area contributed by atoms with E-state index >= 15 is 0 Å². The summed E-state index contributed by atoms with van der Waals surface area (Å²) < 4.78 is 0. The number of hydrogen-bond acceptors (Lipinski definition) is 4. The van der Waals surface area contributed by atoms with E-state index in [9.17, 15) is 4.79 Å². The van der Waals surface area contributed by atoms with E-state index in [4.69, 9.17) is 5.73 Å². The van der Waals surface area contributed by atoms with Crippen molar-refractivity contribution in [1.82, 2.24) is 15.3 Å². The fourth-order valence-electron chi connectivity index (χ4n) is 1.70. The number of carbonyl (C=O) groups is 1. The van der Waals surface area contributed by atoms with Crippen LogP contribution in [0.4, 0.5) is 0 Å². The van der Waals surface area contributed by atoms with Gasteiger partial charge in [0.1, 0.15) is 5.82 Å². The van der Waals surface area contributed by atoms with E-state index in [1.807, 2.05) is 13.0 Å². The highest BCUT2D eigenvalue weighted by Gasteiger charge is 2.27. The van der Waals surface area contributed by atoms with Gasteiger partial charge in [0.05, 0.1) is 5.92 Å². The number of amides is 1. The lowest BCUT2D eigenvalue weighted by molar-refractivity contribution is -0.124. The number of hydrogen-bond donors (Lipinski definition) is 2. The first-order valence-corrected chi connectivity index (χ1v) is 5.98. The molecule has 1 heterocycles. The Hall–Kier alpha value is -1.49. The zero-order chi connectivity index (χ0) is 12.3. The number of nitrogens with two attached hydrogens (primary N) is 1. The van der Waals surface area contributed by atoms with Crippen molar-refractivity contribution in [2.24, 2.45) is 11.7 Å². The molecule has 1 amide bonds. The summed E-state index contributed by atoms with van der Waals surface area (Å²) in [4.78, 5) is 20.2. The molecule has 1 aliphatic rings. The van der Waals surface area contributed by atoms with Crippen LogP contribution in [0, 0.1) is 12.8 Å². The number of nitrogens with one attached hydrogen (secondary N) is 1. The zero-order valence-corrected chi connectivity index (χ0v) is 10.0. The molecule has 17 heavy (non-hydrogen) atoms. The van der Waals surface area contributed by atoms with E-state index in [2.05, 4.69) is 15.3 Å². The molecule has 1 aromatic rings. The third-order valence-corrected chi connectivity index (χ3v) is 2.87. The Morgan fingerprint density at radius 3 is 3.00 bits per heavy atom. The molecule has 3 N–H and O–H groups in total. The molecular weight excluding hydrogens is 216 g/mol. The molecular formula is C12H18N4O. The number of nitrogens with zero attached hydrogens (tertiary/aromatic N) is 2. The first kappa shape index (κ1) is 12.0. The van der Waals surface area contributed by atoms with Crippen LogP contribution in [0.5, 0.6) is 0 Å². The van der Waals surface area contributed by atoms with Gasteiger partial charge in [0.2, 0.25) is 5.91 Å².